The molecule has 0 saturated heterocycles. The number of rotatable bonds is 2. The van der Waals surface area contributed by atoms with Crippen molar-refractivity contribution in [3.05, 3.63) is 0 Å². The van der Waals surface area contributed by atoms with E-state index in [-0.39, 0.29) is 18.1 Å². The van der Waals surface area contributed by atoms with E-state index in [0.717, 1.165) is 0 Å². The fourth-order valence-electron chi connectivity index (χ4n) is 3.57. The normalized spacial score (nSPS) is 40.9. The summed E-state index contributed by atoms with van der Waals surface area (Å²) in [7, 11) is 1.68. The summed E-state index contributed by atoms with van der Waals surface area (Å²) in [4.78, 5) is 0. The second kappa shape index (κ2) is 10.4. The van der Waals surface area contributed by atoms with Crippen LogP contribution >= 0.6 is 23.0 Å². The summed E-state index contributed by atoms with van der Waals surface area (Å²) in [6.07, 6.45) is 9.86. The maximum absolute atomic E-state index is 10.0. The van der Waals surface area contributed by atoms with Gasteiger partial charge in [0, 0.05) is 7.11 Å². The van der Waals surface area contributed by atoms with Crippen molar-refractivity contribution < 1.29 is 12.9 Å². The SMILES string of the molecule is C1CCCCCC1.COC1C(C)C(C)C(C)C(O)C1OI. The maximum atomic E-state index is 10.0. The molecule has 4 heteroatoms. The summed E-state index contributed by atoms with van der Waals surface area (Å²) in [6, 6.07) is 0. The van der Waals surface area contributed by atoms with Crippen LogP contribution in [0.2, 0.25) is 0 Å². The van der Waals surface area contributed by atoms with Crippen LogP contribution in [0, 0.1) is 17.8 Å². The zero-order valence-corrected chi connectivity index (χ0v) is 16.2. The van der Waals surface area contributed by atoms with E-state index < -0.39 is 6.10 Å². The van der Waals surface area contributed by atoms with E-state index in [4.69, 9.17) is 7.80 Å². The molecule has 2 rings (SSSR count). The van der Waals surface area contributed by atoms with Gasteiger partial charge in [-0.25, -0.2) is 0 Å². The lowest BCUT2D eigenvalue weighted by Gasteiger charge is -2.45. The molecule has 126 valence electrons. The highest BCUT2D eigenvalue weighted by Gasteiger charge is 2.45. The lowest BCUT2D eigenvalue weighted by atomic mass is 9.70. The Hall–Kier alpha value is 0.610. The average Bonchev–Trinajstić information content (AvgIpc) is 2.81. The quantitative estimate of drug-likeness (QED) is 0.526. The molecular weight excluding hydrogens is 379 g/mol. The molecule has 2 aliphatic carbocycles. The second-order valence-electron chi connectivity index (χ2n) is 6.80. The van der Waals surface area contributed by atoms with Crippen LogP contribution in [-0.2, 0) is 7.80 Å². The molecule has 0 aliphatic heterocycles. The minimum atomic E-state index is -0.428. The van der Waals surface area contributed by atoms with Gasteiger partial charge in [0.05, 0.1) is 12.2 Å². The van der Waals surface area contributed by atoms with Crippen LogP contribution in [0.25, 0.3) is 0 Å². The molecule has 0 heterocycles. The van der Waals surface area contributed by atoms with Gasteiger partial charge in [0.25, 0.3) is 0 Å². The van der Waals surface area contributed by atoms with Crippen molar-refractivity contribution in [1.82, 2.24) is 0 Å². The smallest absolute Gasteiger partial charge is 0.122 e. The topological polar surface area (TPSA) is 38.7 Å². The number of hydrogen-bond acceptors (Lipinski definition) is 3. The van der Waals surface area contributed by atoms with Crippen LogP contribution in [0.15, 0.2) is 0 Å². The summed E-state index contributed by atoms with van der Waals surface area (Å²) in [5.41, 5.74) is 0. The predicted octanol–water partition coefficient (Wildman–Crippen LogP) is 4.75. The Bertz CT molecular complexity index is 235. The van der Waals surface area contributed by atoms with Crippen molar-refractivity contribution in [2.24, 2.45) is 17.8 Å². The highest BCUT2D eigenvalue weighted by Crippen LogP contribution is 2.38. The van der Waals surface area contributed by atoms with Gasteiger partial charge in [0.2, 0.25) is 0 Å². The molecule has 21 heavy (non-hydrogen) atoms. The Morgan fingerprint density at radius 1 is 0.762 bits per heavy atom. The zero-order valence-electron chi connectivity index (χ0n) is 14.1. The van der Waals surface area contributed by atoms with Crippen molar-refractivity contribution in [2.45, 2.75) is 84.0 Å². The van der Waals surface area contributed by atoms with Crippen LogP contribution in [0.3, 0.4) is 0 Å². The first-order valence-corrected chi connectivity index (χ1v) is 9.41. The van der Waals surface area contributed by atoms with Gasteiger partial charge in [0.15, 0.2) is 0 Å². The molecule has 6 unspecified atom stereocenters. The van der Waals surface area contributed by atoms with Gasteiger partial charge >= 0.3 is 0 Å². The molecule has 0 aromatic carbocycles. The lowest BCUT2D eigenvalue weighted by molar-refractivity contribution is -0.138. The van der Waals surface area contributed by atoms with Crippen molar-refractivity contribution in [2.75, 3.05) is 7.11 Å². The summed E-state index contributed by atoms with van der Waals surface area (Å²) >= 11 is 1.85. The third kappa shape index (κ3) is 5.63. The fraction of sp³-hybridized carbons (Fsp3) is 1.00. The Balaban J connectivity index is 0.000000262. The van der Waals surface area contributed by atoms with Gasteiger partial charge in [-0.2, -0.15) is 0 Å². The first kappa shape index (κ1) is 19.7. The second-order valence-corrected chi connectivity index (χ2v) is 7.31. The molecule has 0 aromatic rings. The maximum Gasteiger partial charge on any atom is 0.122 e. The van der Waals surface area contributed by atoms with Crippen molar-refractivity contribution in [3.8, 4) is 0 Å². The number of methoxy groups -OCH3 is 1. The van der Waals surface area contributed by atoms with Gasteiger partial charge in [-0.15, -0.1) is 0 Å². The molecule has 6 atom stereocenters. The van der Waals surface area contributed by atoms with E-state index in [9.17, 15) is 5.11 Å². The minimum absolute atomic E-state index is 0.00639. The largest absolute Gasteiger partial charge is 0.390 e. The zero-order chi connectivity index (χ0) is 15.8. The Morgan fingerprint density at radius 2 is 1.19 bits per heavy atom. The van der Waals surface area contributed by atoms with E-state index in [1.807, 2.05) is 23.0 Å². The van der Waals surface area contributed by atoms with Crippen molar-refractivity contribution in [1.29, 1.82) is 0 Å². The van der Waals surface area contributed by atoms with Crippen LogP contribution in [-0.4, -0.2) is 30.5 Å². The summed E-state index contributed by atoms with van der Waals surface area (Å²) in [5.74, 6) is 1.13. The standard InChI is InChI=1S/C10H19IO3.C7H14/c1-5-6(2)8(12)10(14-11)9(13-4)7(5)3;1-2-4-6-7-5-3-1/h5-10,12H,1-4H3;1-7H2. The third-order valence-electron chi connectivity index (χ3n) is 5.50. The number of aliphatic hydroxyl groups is 1. The first-order valence-electron chi connectivity index (χ1n) is 8.52. The monoisotopic (exact) mass is 412 g/mol. The fourth-order valence-corrected chi connectivity index (χ4v) is 4.16. The number of halogens is 1. The van der Waals surface area contributed by atoms with E-state index in [0.29, 0.717) is 11.8 Å². The summed E-state index contributed by atoms with van der Waals surface area (Å²) in [5, 5.41) is 10.0. The van der Waals surface area contributed by atoms with E-state index in [2.05, 4.69) is 20.8 Å². The number of aliphatic hydroxyl groups excluding tert-OH is 1. The molecule has 0 bridgehead atoms. The Morgan fingerprint density at radius 3 is 1.52 bits per heavy atom. The highest BCUT2D eigenvalue weighted by molar-refractivity contribution is 14.1. The first-order chi connectivity index (χ1) is 10.0. The molecule has 0 radical (unpaired) electrons. The minimum Gasteiger partial charge on any atom is -0.390 e. The molecule has 0 spiro atoms. The van der Waals surface area contributed by atoms with E-state index in [1.54, 1.807) is 7.11 Å². The average molecular weight is 412 g/mol. The molecule has 0 amide bonds. The van der Waals surface area contributed by atoms with Gasteiger partial charge in [-0.1, -0.05) is 65.7 Å². The van der Waals surface area contributed by atoms with Crippen molar-refractivity contribution in [3.63, 3.8) is 0 Å². The third-order valence-corrected chi connectivity index (χ3v) is 6.09. The van der Waals surface area contributed by atoms with Gasteiger partial charge < -0.3 is 12.9 Å². The summed E-state index contributed by atoms with van der Waals surface area (Å²) in [6.45, 7) is 6.39. The van der Waals surface area contributed by atoms with Gasteiger partial charge in [0.1, 0.15) is 29.1 Å². The highest BCUT2D eigenvalue weighted by atomic mass is 127. The molecule has 0 aromatic heterocycles. The van der Waals surface area contributed by atoms with Gasteiger partial charge in [-0.3, -0.25) is 0 Å². The van der Waals surface area contributed by atoms with Crippen LogP contribution in [0.4, 0.5) is 0 Å². The molecule has 3 nitrogen and oxygen atoms in total. The van der Waals surface area contributed by atoms with E-state index >= 15 is 0 Å². The lowest BCUT2D eigenvalue weighted by Crippen LogP contribution is -2.54. The van der Waals surface area contributed by atoms with Gasteiger partial charge in [-0.05, 0) is 17.8 Å². The van der Waals surface area contributed by atoms with Crippen molar-refractivity contribution >= 4 is 23.0 Å². The Labute approximate surface area is 144 Å². The molecule has 2 fully saturated rings. The van der Waals surface area contributed by atoms with Crippen LogP contribution in [0.1, 0.15) is 65.7 Å². The van der Waals surface area contributed by atoms with Crippen LogP contribution in [0.5, 0.6) is 0 Å². The molecular formula is C17H33IO3. The summed E-state index contributed by atoms with van der Waals surface area (Å²) < 4.78 is 10.7. The molecule has 2 saturated carbocycles. The predicted molar refractivity (Wildman–Crippen MR) is 95.5 cm³/mol. The molecule has 1 N–H and O–H groups in total. The number of hydrogen-bond donors (Lipinski definition) is 1. The van der Waals surface area contributed by atoms with Crippen LogP contribution < -0.4 is 0 Å². The molecule has 2 aliphatic rings. The number of ether oxygens (including phenoxy) is 1. The van der Waals surface area contributed by atoms with E-state index in [1.165, 1.54) is 44.9 Å². The Kier molecular flexibility index (Phi) is 9.73.